The molecule has 1 heterocycles. The number of esters is 1. The summed E-state index contributed by atoms with van der Waals surface area (Å²) in [5.74, 6) is -0.327. The van der Waals surface area contributed by atoms with Crippen molar-refractivity contribution in [1.82, 2.24) is 10.2 Å². The molecule has 2 aromatic rings. The molecule has 136 valence electrons. The highest BCUT2D eigenvalue weighted by molar-refractivity contribution is 6.34. The number of halogens is 1. The third-order valence-electron chi connectivity index (χ3n) is 4.24. The van der Waals surface area contributed by atoms with Gasteiger partial charge in [-0.3, -0.25) is 4.79 Å². The van der Waals surface area contributed by atoms with Crippen molar-refractivity contribution in [2.45, 2.75) is 31.7 Å². The summed E-state index contributed by atoms with van der Waals surface area (Å²) in [5, 5.41) is 14.3. The summed E-state index contributed by atoms with van der Waals surface area (Å²) in [5.41, 5.74) is 0.741. The van der Waals surface area contributed by atoms with Crippen molar-refractivity contribution in [3.05, 3.63) is 46.6 Å². The van der Waals surface area contributed by atoms with Gasteiger partial charge in [0.2, 0.25) is 0 Å². The summed E-state index contributed by atoms with van der Waals surface area (Å²) >= 11 is 6.08. The number of nitrogens with one attached hydrogen (secondary N) is 2. The van der Waals surface area contributed by atoms with Crippen molar-refractivity contribution >= 4 is 35.0 Å². The first-order valence-electron chi connectivity index (χ1n) is 8.36. The molecule has 0 atom stereocenters. The van der Waals surface area contributed by atoms with Gasteiger partial charge in [0.15, 0.2) is 5.69 Å². The summed E-state index contributed by atoms with van der Waals surface area (Å²) in [6, 6.07) is 8.24. The summed E-state index contributed by atoms with van der Waals surface area (Å²) in [6.07, 6.45) is 4.69. The van der Waals surface area contributed by atoms with Gasteiger partial charge in [-0.05, 0) is 43.2 Å². The number of carbonyl (C=O) groups excluding carboxylic acids is 2. The second-order valence-electron chi connectivity index (χ2n) is 6.07. The molecule has 8 heteroatoms. The van der Waals surface area contributed by atoms with Crippen LogP contribution in [0.5, 0.6) is 0 Å². The first-order valence-corrected chi connectivity index (χ1v) is 8.74. The van der Waals surface area contributed by atoms with Crippen LogP contribution < -0.4 is 10.6 Å². The maximum atomic E-state index is 12.4. The number of benzene rings is 1. The molecule has 2 N–H and O–H groups in total. The number of nitrogens with zero attached hydrogens (tertiary/aromatic N) is 2. The molecule has 1 amide bonds. The third kappa shape index (κ3) is 4.29. The van der Waals surface area contributed by atoms with Gasteiger partial charge < -0.3 is 15.4 Å². The van der Waals surface area contributed by atoms with Gasteiger partial charge in [0, 0.05) is 6.04 Å². The third-order valence-corrected chi connectivity index (χ3v) is 4.57. The number of methoxy groups -OCH3 is 1. The summed E-state index contributed by atoms with van der Waals surface area (Å²) < 4.78 is 4.66. The zero-order valence-electron chi connectivity index (χ0n) is 14.3. The maximum Gasteiger partial charge on any atom is 0.337 e. The van der Waals surface area contributed by atoms with Crippen molar-refractivity contribution in [2.75, 3.05) is 17.7 Å². The van der Waals surface area contributed by atoms with Crippen LogP contribution in [0.15, 0.2) is 30.3 Å². The Morgan fingerprint density at radius 1 is 1.15 bits per heavy atom. The summed E-state index contributed by atoms with van der Waals surface area (Å²) in [7, 11) is 1.28. The van der Waals surface area contributed by atoms with E-state index in [2.05, 4.69) is 25.6 Å². The maximum absolute atomic E-state index is 12.4. The largest absolute Gasteiger partial charge is 0.465 e. The lowest BCUT2D eigenvalue weighted by Crippen LogP contribution is -2.18. The van der Waals surface area contributed by atoms with E-state index >= 15 is 0 Å². The van der Waals surface area contributed by atoms with Crippen molar-refractivity contribution < 1.29 is 14.3 Å². The van der Waals surface area contributed by atoms with E-state index < -0.39 is 11.9 Å². The molecule has 0 radical (unpaired) electrons. The second kappa shape index (κ2) is 8.14. The minimum absolute atomic E-state index is 0.154. The molecule has 1 saturated carbocycles. The molecule has 7 nitrogen and oxygen atoms in total. The standard InChI is InChI=1S/C18H19ClN4O3/c1-26-18(25)11-6-7-13(19)15(10-11)21-17(24)14-8-9-16(23-22-14)20-12-4-2-3-5-12/h6-10,12H,2-5H2,1H3,(H,20,23)(H,21,24). The molecule has 0 saturated heterocycles. The Hall–Kier alpha value is -2.67. The second-order valence-corrected chi connectivity index (χ2v) is 6.48. The highest BCUT2D eigenvalue weighted by Crippen LogP contribution is 2.24. The van der Waals surface area contributed by atoms with Gasteiger partial charge in [0.05, 0.1) is 23.4 Å². The number of hydrogen-bond donors (Lipinski definition) is 2. The van der Waals surface area contributed by atoms with E-state index in [1.165, 1.54) is 38.2 Å². The molecule has 3 rings (SSSR count). The van der Waals surface area contributed by atoms with E-state index in [9.17, 15) is 9.59 Å². The fourth-order valence-corrected chi connectivity index (χ4v) is 3.03. The quantitative estimate of drug-likeness (QED) is 0.778. The minimum atomic E-state index is -0.515. The Morgan fingerprint density at radius 2 is 1.92 bits per heavy atom. The van der Waals surface area contributed by atoms with Gasteiger partial charge in [-0.2, -0.15) is 0 Å². The zero-order chi connectivity index (χ0) is 18.5. The molecule has 1 fully saturated rings. The first kappa shape index (κ1) is 18.1. The lowest BCUT2D eigenvalue weighted by molar-refractivity contribution is 0.0600. The van der Waals surface area contributed by atoms with E-state index in [4.69, 9.17) is 11.6 Å². The molecule has 1 aromatic carbocycles. The van der Waals surface area contributed by atoms with Crippen LogP contribution in [-0.4, -0.2) is 35.2 Å². The molecular formula is C18H19ClN4O3. The van der Waals surface area contributed by atoms with E-state index in [1.54, 1.807) is 12.1 Å². The zero-order valence-corrected chi connectivity index (χ0v) is 15.0. The van der Waals surface area contributed by atoms with E-state index in [1.807, 2.05) is 0 Å². The first-order chi connectivity index (χ1) is 12.6. The molecular weight excluding hydrogens is 356 g/mol. The summed E-state index contributed by atoms with van der Waals surface area (Å²) in [6.45, 7) is 0. The van der Waals surface area contributed by atoms with Gasteiger partial charge in [0.25, 0.3) is 5.91 Å². The lowest BCUT2D eigenvalue weighted by atomic mass is 10.2. The van der Waals surface area contributed by atoms with Crippen LogP contribution in [0.2, 0.25) is 5.02 Å². The van der Waals surface area contributed by atoms with Gasteiger partial charge in [-0.15, -0.1) is 10.2 Å². The van der Waals surface area contributed by atoms with Crippen molar-refractivity contribution in [3.8, 4) is 0 Å². The molecule has 0 aliphatic heterocycles. The van der Waals surface area contributed by atoms with Crippen LogP contribution in [0.3, 0.4) is 0 Å². The minimum Gasteiger partial charge on any atom is -0.465 e. The Morgan fingerprint density at radius 3 is 2.58 bits per heavy atom. The highest BCUT2D eigenvalue weighted by Gasteiger charge is 2.16. The number of ether oxygens (including phenoxy) is 1. The Balaban J connectivity index is 1.68. The predicted octanol–water partition coefficient (Wildman–Crippen LogP) is 3.52. The molecule has 26 heavy (non-hydrogen) atoms. The van der Waals surface area contributed by atoms with Gasteiger partial charge in [0.1, 0.15) is 5.82 Å². The van der Waals surface area contributed by atoms with E-state index in [0.29, 0.717) is 22.6 Å². The summed E-state index contributed by atoms with van der Waals surface area (Å²) in [4.78, 5) is 24.0. The van der Waals surface area contributed by atoms with Crippen LogP contribution in [-0.2, 0) is 4.74 Å². The normalized spacial score (nSPS) is 14.1. The molecule has 1 aromatic heterocycles. The predicted molar refractivity (Wildman–Crippen MR) is 98.7 cm³/mol. The number of aromatic nitrogens is 2. The number of hydrogen-bond acceptors (Lipinski definition) is 6. The number of amides is 1. The fourth-order valence-electron chi connectivity index (χ4n) is 2.86. The number of carbonyl (C=O) groups is 2. The van der Waals surface area contributed by atoms with E-state index in [-0.39, 0.29) is 11.3 Å². The molecule has 0 spiro atoms. The SMILES string of the molecule is COC(=O)c1ccc(Cl)c(NC(=O)c2ccc(NC3CCCC3)nn2)c1. The van der Waals surface area contributed by atoms with Crippen LogP contribution in [0, 0.1) is 0 Å². The fraction of sp³-hybridized carbons (Fsp3) is 0.333. The average Bonchev–Trinajstić information content (AvgIpc) is 3.16. The van der Waals surface area contributed by atoms with Crippen molar-refractivity contribution in [1.29, 1.82) is 0 Å². The topological polar surface area (TPSA) is 93.2 Å². The van der Waals surface area contributed by atoms with Gasteiger partial charge >= 0.3 is 5.97 Å². The monoisotopic (exact) mass is 374 g/mol. The Labute approximate surface area is 156 Å². The van der Waals surface area contributed by atoms with Crippen LogP contribution in [0.4, 0.5) is 11.5 Å². The van der Waals surface area contributed by atoms with Crippen LogP contribution >= 0.6 is 11.6 Å². The highest BCUT2D eigenvalue weighted by atomic mass is 35.5. The van der Waals surface area contributed by atoms with Gasteiger partial charge in [-0.25, -0.2) is 4.79 Å². The van der Waals surface area contributed by atoms with Crippen molar-refractivity contribution in [3.63, 3.8) is 0 Å². The average molecular weight is 375 g/mol. The molecule has 0 unspecified atom stereocenters. The number of rotatable bonds is 5. The van der Waals surface area contributed by atoms with Crippen LogP contribution in [0.25, 0.3) is 0 Å². The van der Waals surface area contributed by atoms with Crippen LogP contribution in [0.1, 0.15) is 46.5 Å². The molecule has 1 aliphatic carbocycles. The smallest absolute Gasteiger partial charge is 0.337 e. The van der Waals surface area contributed by atoms with Crippen molar-refractivity contribution in [2.24, 2.45) is 0 Å². The molecule has 0 bridgehead atoms. The van der Waals surface area contributed by atoms with E-state index in [0.717, 1.165) is 12.8 Å². The Kier molecular flexibility index (Phi) is 5.68. The van der Waals surface area contributed by atoms with Gasteiger partial charge in [-0.1, -0.05) is 24.4 Å². The Bertz CT molecular complexity index is 805. The lowest BCUT2D eigenvalue weighted by Gasteiger charge is -2.12. The number of anilines is 2. The molecule has 1 aliphatic rings.